The molecular weight excluding hydrogens is 208 g/mol. The summed E-state index contributed by atoms with van der Waals surface area (Å²) in [7, 11) is 0. The minimum Gasteiger partial charge on any atom is -0.371 e. The van der Waals surface area contributed by atoms with E-state index in [1.54, 1.807) is 0 Å². The number of ether oxygens (including phenoxy) is 1. The highest BCUT2D eigenvalue weighted by atomic mass is 35.5. The van der Waals surface area contributed by atoms with Gasteiger partial charge in [0, 0.05) is 5.88 Å². The zero-order chi connectivity index (χ0) is 10.6. The lowest BCUT2D eigenvalue weighted by Gasteiger charge is -2.23. The Labute approximate surface area is 97.8 Å². The maximum Gasteiger partial charge on any atom is 0.0687 e. The Morgan fingerprint density at radius 3 is 2.73 bits per heavy atom. The van der Waals surface area contributed by atoms with Crippen molar-refractivity contribution < 1.29 is 4.74 Å². The molecule has 1 aliphatic carbocycles. The highest BCUT2D eigenvalue weighted by Gasteiger charge is 2.41. The summed E-state index contributed by atoms with van der Waals surface area (Å²) in [6, 6.07) is 0. The van der Waals surface area contributed by atoms with Gasteiger partial charge in [0.25, 0.3) is 0 Å². The lowest BCUT2D eigenvalue weighted by atomic mass is 9.98. The van der Waals surface area contributed by atoms with Crippen molar-refractivity contribution >= 4 is 11.6 Å². The van der Waals surface area contributed by atoms with E-state index >= 15 is 0 Å². The van der Waals surface area contributed by atoms with Gasteiger partial charge in [-0.15, -0.1) is 11.6 Å². The number of halogens is 1. The van der Waals surface area contributed by atoms with Crippen LogP contribution in [0, 0.1) is 0 Å². The molecule has 86 valence electrons. The van der Waals surface area contributed by atoms with Crippen molar-refractivity contribution in [3.63, 3.8) is 0 Å². The van der Waals surface area contributed by atoms with Gasteiger partial charge >= 0.3 is 0 Å². The molecule has 15 heavy (non-hydrogen) atoms. The molecule has 1 heterocycles. The number of alkyl halides is 1. The molecule has 0 radical (unpaired) electrons. The number of allylic oxidation sites excluding steroid dienone is 1. The number of hydrogen-bond acceptors (Lipinski definition) is 1. The van der Waals surface area contributed by atoms with Gasteiger partial charge in [-0.1, -0.05) is 25.0 Å². The molecule has 1 nitrogen and oxygen atoms in total. The van der Waals surface area contributed by atoms with E-state index in [1.165, 1.54) is 38.5 Å². The van der Waals surface area contributed by atoms with Crippen molar-refractivity contribution in [2.24, 2.45) is 0 Å². The van der Waals surface area contributed by atoms with Crippen LogP contribution < -0.4 is 0 Å². The number of rotatable bonds is 4. The molecule has 0 aromatic heterocycles. The van der Waals surface area contributed by atoms with Crippen molar-refractivity contribution in [1.29, 1.82) is 0 Å². The monoisotopic (exact) mass is 228 g/mol. The normalized spacial score (nSPS) is 29.5. The van der Waals surface area contributed by atoms with Crippen LogP contribution in [0.2, 0.25) is 0 Å². The molecule has 1 atom stereocenters. The van der Waals surface area contributed by atoms with Crippen LogP contribution in [0.4, 0.5) is 0 Å². The van der Waals surface area contributed by atoms with Gasteiger partial charge in [-0.2, -0.15) is 0 Å². The number of hydrogen-bond donors (Lipinski definition) is 0. The van der Waals surface area contributed by atoms with Crippen LogP contribution in [0.1, 0.15) is 51.4 Å². The van der Waals surface area contributed by atoms with Gasteiger partial charge < -0.3 is 4.74 Å². The zero-order valence-electron chi connectivity index (χ0n) is 9.38. The molecule has 0 aromatic carbocycles. The minimum atomic E-state index is 0.297. The summed E-state index contributed by atoms with van der Waals surface area (Å²) in [6.45, 7) is 0. The molecule has 2 aliphatic rings. The van der Waals surface area contributed by atoms with E-state index in [1.807, 2.05) is 0 Å². The maximum absolute atomic E-state index is 6.21. The van der Waals surface area contributed by atoms with Gasteiger partial charge in [0.05, 0.1) is 11.7 Å². The topological polar surface area (TPSA) is 9.23 Å². The Morgan fingerprint density at radius 1 is 1.20 bits per heavy atom. The molecule has 2 fully saturated rings. The second-order valence-corrected chi connectivity index (χ2v) is 5.23. The molecule has 1 saturated carbocycles. The highest BCUT2D eigenvalue weighted by Crippen LogP contribution is 2.43. The highest BCUT2D eigenvalue weighted by molar-refractivity contribution is 6.17. The van der Waals surface area contributed by atoms with Crippen molar-refractivity contribution in [2.75, 3.05) is 5.88 Å². The van der Waals surface area contributed by atoms with E-state index in [0.29, 0.717) is 11.7 Å². The van der Waals surface area contributed by atoms with Gasteiger partial charge in [0.15, 0.2) is 0 Å². The molecule has 1 aliphatic heterocycles. The van der Waals surface area contributed by atoms with Crippen molar-refractivity contribution in [3.8, 4) is 0 Å². The lowest BCUT2D eigenvalue weighted by Crippen LogP contribution is -2.24. The van der Waals surface area contributed by atoms with Crippen LogP contribution in [0.3, 0.4) is 0 Å². The Kier molecular flexibility index (Phi) is 4.10. The summed E-state index contributed by atoms with van der Waals surface area (Å²) in [5.41, 5.74) is 0.297. The molecular formula is C13H21ClO. The average molecular weight is 229 g/mol. The van der Waals surface area contributed by atoms with Gasteiger partial charge in [0.1, 0.15) is 0 Å². The molecule has 1 saturated heterocycles. The second-order valence-electron chi connectivity index (χ2n) is 4.85. The average Bonchev–Trinajstić information content (AvgIpc) is 2.85. The van der Waals surface area contributed by atoms with Crippen LogP contribution in [-0.2, 0) is 4.74 Å². The molecule has 2 heteroatoms. The van der Waals surface area contributed by atoms with Crippen molar-refractivity contribution in [3.05, 3.63) is 12.2 Å². The predicted molar refractivity (Wildman–Crippen MR) is 64.4 cm³/mol. The molecule has 1 unspecified atom stereocenters. The van der Waals surface area contributed by atoms with E-state index in [-0.39, 0.29) is 0 Å². The molecule has 0 bridgehead atoms. The summed E-state index contributed by atoms with van der Waals surface area (Å²) in [5, 5.41) is 0. The first-order chi connectivity index (χ1) is 7.35. The summed E-state index contributed by atoms with van der Waals surface area (Å²) in [6.07, 6.45) is 14.9. The van der Waals surface area contributed by atoms with Crippen molar-refractivity contribution in [1.82, 2.24) is 0 Å². The molecule has 2 rings (SSSR count). The SMILES string of the molecule is ClCC/C=C/CC1CCC2(CCCC2)O1. The third-order valence-electron chi connectivity index (χ3n) is 3.69. The fourth-order valence-corrected chi connectivity index (χ4v) is 3.00. The van der Waals surface area contributed by atoms with Gasteiger partial charge in [-0.05, 0) is 38.5 Å². The van der Waals surface area contributed by atoms with Crippen molar-refractivity contribution in [2.45, 2.75) is 63.1 Å². The Balaban J connectivity index is 1.73. The van der Waals surface area contributed by atoms with Crippen LogP contribution in [-0.4, -0.2) is 17.6 Å². The fraction of sp³-hybridized carbons (Fsp3) is 0.846. The molecule has 1 spiro atoms. The minimum absolute atomic E-state index is 0.297. The maximum atomic E-state index is 6.21. The van der Waals surface area contributed by atoms with Gasteiger partial charge in [0.2, 0.25) is 0 Å². The first-order valence-corrected chi connectivity index (χ1v) is 6.77. The van der Waals surface area contributed by atoms with Gasteiger partial charge in [-0.25, -0.2) is 0 Å². The summed E-state index contributed by atoms with van der Waals surface area (Å²) < 4.78 is 6.21. The zero-order valence-corrected chi connectivity index (χ0v) is 10.1. The first kappa shape index (κ1) is 11.5. The molecule has 0 N–H and O–H groups in total. The third kappa shape index (κ3) is 2.98. The Morgan fingerprint density at radius 2 is 2.00 bits per heavy atom. The summed E-state index contributed by atoms with van der Waals surface area (Å²) in [5.74, 6) is 0.728. The smallest absolute Gasteiger partial charge is 0.0687 e. The summed E-state index contributed by atoms with van der Waals surface area (Å²) in [4.78, 5) is 0. The summed E-state index contributed by atoms with van der Waals surface area (Å²) >= 11 is 5.61. The first-order valence-electron chi connectivity index (χ1n) is 6.23. The largest absolute Gasteiger partial charge is 0.371 e. The van der Waals surface area contributed by atoms with Crippen LogP contribution in [0.25, 0.3) is 0 Å². The lowest BCUT2D eigenvalue weighted by molar-refractivity contribution is -0.0345. The second kappa shape index (κ2) is 5.36. The van der Waals surface area contributed by atoms with E-state index in [4.69, 9.17) is 16.3 Å². The quantitative estimate of drug-likeness (QED) is 0.521. The van der Waals surface area contributed by atoms with E-state index in [2.05, 4.69) is 12.2 Å². The van der Waals surface area contributed by atoms with E-state index in [0.717, 1.165) is 18.7 Å². The standard InChI is InChI=1S/C13H21ClO/c14-11-5-1-2-6-12-7-10-13(15-12)8-3-4-9-13/h1-2,12H,3-11H2/b2-1+. The van der Waals surface area contributed by atoms with Crippen LogP contribution in [0.5, 0.6) is 0 Å². The van der Waals surface area contributed by atoms with E-state index < -0.39 is 0 Å². The molecule has 0 amide bonds. The van der Waals surface area contributed by atoms with Crippen LogP contribution >= 0.6 is 11.6 Å². The fourth-order valence-electron chi connectivity index (χ4n) is 2.88. The van der Waals surface area contributed by atoms with Gasteiger partial charge in [-0.3, -0.25) is 0 Å². The Bertz CT molecular complexity index is 219. The predicted octanol–water partition coefficient (Wildman–Crippen LogP) is 4.05. The van der Waals surface area contributed by atoms with E-state index in [9.17, 15) is 0 Å². The third-order valence-corrected chi connectivity index (χ3v) is 3.91. The Hall–Kier alpha value is -0.0100. The van der Waals surface area contributed by atoms with Crippen LogP contribution in [0.15, 0.2) is 12.2 Å². The molecule has 0 aromatic rings.